The molecule has 4 heteroatoms. The van der Waals surface area contributed by atoms with Gasteiger partial charge >= 0.3 is 0 Å². The molecule has 0 saturated heterocycles. The van der Waals surface area contributed by atoms with Gasteiger partial charge in [0.1, 0.15) is 17.2 Å². The van der Waals surface area contributed by atoms with E-state index in [4.69, 9.17) is 14.2 Å². The van der Waals surface area contributed by atoms with Crippen LogP contribution in [0.5, 0.6) is 17.2 Å². The van der Waals surface area contributed by atoms with Crippen molar-refractivity contribution in [3.63, 3.8) is 0 Å². The van der Waals surface area contributed by atoms with Crippen molar-refractivity contribution in [2.75, 3.05) is 21.3 Å². The predicted octanol–water partition coefficient (Wildman–Crippen LogP) is 2.79. The van der Waals surface area contributed by atoms with Crippen molar-refractivity contribution in [1.29, 1.82) is 0 Å². The number of hydrogen-bond acceptors (Lipinski definition) is 4. The van der Waals surface area contributed by atoms with E-state index in [0.717, 1.165) is 0 Å². The maximum absolute atomic E-state index is 10.6. The van der Waals surface area contributed by atoms with E-state index in [1.807, 2.05) is 0 Å². The summed E-state index contributed by atoms with van der Waals surface area (Å²) in [5.41, 5.74) is 0.713. The van der Waals surface area contributed by atoms with Crippen molar-refractivity contribution in [2.45, 2.75) is 25.9 Å². The highest BCUT2D eigenvalue weighted by Crippen LogP contribution is 2.47. The molecule has 2 atom stereocenters. The lowest BCUT2D eigenvalue weighted by molar-refractivity contribution is 0.0997. The van der Waals surface area contributed by atoms with Crippen molar-refractivity contribution in [1.82, 2.24) is 0 Å². The molecule has 4 nitrogen and oxygen atoms in total. The fraction of sp³-hybridized carbons (Fsp3) is 0.600. The monoisotopic (exact) mass is 266 g/mol. The van der Waals surface area contributed by atoms with Gasteiger partial charge < -0.3 is 19.3 Å². The summed E-state index contributed by atoms with van der Waals surface area (Å²) in [6.45, 7) is 2.07. The Morgan fingerprint density at radius 2 is 1.58 bits per heavy atom. The molecule has 0 heterocycles. The van der Waals surface area contributed by atoms with Gasteiger partial charge in [-0.15, -0.1) is 0 Å². The highest BCUT2D eigenvalue weighted by Gasteiger charge is 2.35. The predicted molar refractivity (Wildman–Crippen MR) is 72.9 cm³/mol. The zero-order valence-electron chi connectivity index (χ0n) is 12.0. The topological polar surface area (TPSA) is 47.9 Å². The average molecular weight is 266 g/mol. The first-order chi connectivity index (χ1) is 9.12. The fourth-order valence-electron chi connectivity index (χ4n) is 2.47. The first kappa shape index (κ1) is 14.0. The minimum Gasteiger partial charge on any atom is -0.496 e. The van der Waals surface area contributed by atoms with Crippen molar-refractivity contribution < 1.29 is 19.3 Å². The van der Waals surface area contributed by atoms with Crippen LogP contribution >= 0.6 is 0 Å². The van der Waals surface area contributed by atoms with Crippen LogP contribution in [0.3, 0.4) is 0 Å². The van der Waals surface area contributed by atoms with Gasteiger partial charge in [0, 0.05) is 12.1 Å². The molecular formula is C15H22O4. The van der Waals surface area contributed by atoms with Gasteiger partial charge in [-0.1, -0.05) is 6.92 Å². The fourth-order valence-corrected chi connectivity index (χ4v) is 2.47. The molecule has 1 aliphatic carbocycles. The third kappa shape index (κ3) is 2.78. The molecule has 0 aromatic heterocycles. The second-order valence-corrected chi connectivity index (χ2v) is 5.09. The summed E-state index contributed by atoms with van der Waals surface area (Å²) in [4.78, 5) is 0. The molecule has 1 aromatic rings. The number of ether oxygens (including phenoxy) is 3. The Labute approximate surface area is 114 Å². The number of methoxy groups -OCH3 is 3. The summed E-state index contributed by atoms with van der Waals surface area (Å²) >= 11 is 0. The molecule has 19 heavy (non-hydrogen) atoms. The summed E-state index contributed by atoms with van der Waals surface area (Å²) in [6.07, 6.45) is 1.81. The van der Waals surface area contributed by atoms with E-state index in [1.54, 1.807) is 33.5 Å². The summed E-state index contributed by atoms with van der Waals surface area (Å²) in [6, 6.07) is 3.56. The van der Waals surface area contributed by atoms with Gasteiger partial charge in [0.15, 0.2) is 0 Å². The van der Waals surface area contributed by atoms with Crippen LogP contribution in [0.2, 0.25) is 0 Å². The number of benzene rings is 1. The van der Waals surface area contributed by atoms with E-state index in [1.165, 1.54) is 12.8 Å². The molecular weight excluding hydrogens is 244 g/mol. The van der Waals surface area contributed by atoms with Gasteiger partial charge in [0.2, 0.25) is 0 Å². The molecule has 0 aliphatic heterocycles. The Kier molecular flexibility index (Phi) is 4.20. The van der Waals surface area contributed by atoms with Gasteiger partial charge in [-0.2, -0.15) is 0 Å². The normalized spacial score (nSPS) is 17.7. The van der Waals surface area contributed by atoms with Crippen LogP contribution in [0.25, 0.3) is 0 Å². The standard InChI is InChI=1S/C15H22O4/c1-9(10-5-6-10)15(16)14-12(18-3)7-11(17-2)8-13(14)19-4/h7-10,15-16H,5-6H2,1-4H3. The van der Waals surface area contributed by atoms with Gasteiger partial charge in [-0.3, -0.25) is 0 Å². The number of aliphatic hydroxyl groups is 1. The number of hydrogen-bond donors (Lipinski definition) is 1. The SMILES string of the molecule is COc1cc(OC)c(C(O)C(C)C2CC2)c(OC)c1. The molecule has 1 aromatic carbocycles. The zero-order valence-corrected chi connectivity index (χ0v) is 12.0. The third-order valence-electron chi connectivity index (χ3n) is 3.91. The van der Waals surface area contributed by atoms with E-state index in [9.17, 15) is 5.11 Å². The lowest BCUT2D eigenvalue weighted by Gasteiger charge is -2.23. The van der Waals surface area contributed by atoms with Gasteiger partial charge in [0.05, 0.1) is 33.0 Å². The molecule has 1 aliphatic rings. The second kappa shape index (κ2) is 5.70. The number of rotatable bonds is 6. The first-order valence-corrected chi connectivity index (χ1v) is 6.60. The lowest BCUT2D eigenvalue weighted by atomic mass is 9.92. The molecule has 1 fully saturated rings. The molecule has 0 radical (unpaired) electrons. The quantitative estimate of drug-likeness (QED) is 0.860. The molecule has 2 rings (SSSR count). The van der Waals surface area contributed by atoms with Gasteiger partial charge in [-0.05, 0) is 24.7 Å². The summed E-state index contributed by atoms with van der Waals surface area (Å²) in [5.74, 6) is 2.68. The van der Waals surface area contributed by atoms with Crippen LogP contribution < -0.4 is 14.2 Å². The Morgan fingerprint density at radius 1 is 1.05 bits per heavy atom. The van der Waals surface area contributed by atoms with Crippen molar-refractivity contribution in [3.8, 4) is 17.2 Å². The molecule has 0 spiro atoms. The largest absolute Gasteiger partial charge is 0.496 e. The van der Waals surface area contributed by atoms with Crippen molar-refractivity contribution >= 4 is 0 Å². The molecule has 0 bridgehead atoms. The molecule has 2 unspecified atom stereocenters. The van der Waals surface area contributed by atoms with Crippen molar-refractivity contribution in [2.24, 2.45) is 11.8 Å². The van der Waals surface area contributed by atoms with Crippen LogP contribution in [0, 0.1) is 11.8 Å². The smallest absolute Gasteiger partial charge is 0.132 e. The highest BCUT2D eigenvalue weighted by molar-refractivity contribution is 5.52. The van der Waals surface area contributed by atoms with Crippen LogP contribution in [-0.2, 0) is 0 Å². The second-order valence-electron chi connectivity index (χ2n) is 5.09. The Morgan fingerprint density at radius 3 is 1.95 bits per heavy atom. The van der Waals surface area contributed by atoms with E-state index in [2.05, 4.69) is 6.92 Å². The third-order valence-corrected chi connectivity index (χ3v) is 3.91. The zero-order chi connectivity index (χ0) is 14.0. The average Bonchev–Trinajstić information content (AvgIpc) is 3.28. The molecule has 1 N–H and O–H groups in total. The summed E-state index contributed by atoms with van der Waals surface area (Å²) < 4.78 is 16.0. The van der Waals surface area contributed by atoms with E-state index in [0.29, 0.717) is 28.7 Å². The summed E-state index contributed by atoms with van der Waals surface area (Å²) in [7, 11) is 4.77. The lowest BCUT2D eigenvalue weighted by Crippen LogP contribution is -2.13. The van der Waals surface area contributed by atoms with E-state index < -0.39 is 6.10 Å². The Bertz CT molecular complexity index is 415. The van der Waals surface area contributed by atoms with E-state index in [-0.39, 0.29) is 5.92 Å². The molecule has 106 valence electrons. The highest BCUT2D eigenvalue weighted by atomic mass is 16.5. The van der Waals surface area contributed by atoms with Crippen LogP contribution in [0.15, 0.2) is 12.1 Å². The maximum atomic E-state index is 10.6. The van der Waals surface area contributed by atoms with Crippen LogP contribution in [0.4, 0.5) is 0 Å². The Hall–Kier alpha value is -1.42. The van der Waals surface area contributed by atoms with Gasteiger partial charge in [-0.25, -0.2) is 0 Å². The van der Waals surface area contributed by atoms with Gasteiger partial charge in [0.25, 0.3) is 0 Å². The summed E-state index contributed by atoms with van der Waals surface area (Å²) in [5, 5.41) is 10.6. The van der Waals surface area contributed by atoms with E-state index >= 15 is 0 Å². The Balaban J connectivity index is 2.40. The molecule has 1 saturated carbocycles. The first-order valence-electron chi connectivity index (χ1n) is 6.60. The van der Waals surface area contributed by atoms with Crippen molar-refractivity contribution in [3.05, 3.63) is 17.7 Å². The minimum absolute atomic E-state index is 0.205. The number of aliphatic hydroxyl groups excluding tert-OH is 1. The van der Waals surface area contributed by atoms with Crippen LogP contribution in [0.1, 0.15) is 31.4 Å². The molecule has 0 amide bonds. The maximum Gasteiger partial charge on any atom is 0.132 e. The van der Waals surface area contributed by atoms with Crippen LogP contribution in [-0.4, -0.2) is 26.4 Å². The minimum atomic E-state index is -0.580.